The molecule has 2 fully saturated rings. The van der Waals surface area contributed by atoms with Gasteiger partial charge >= 0.3 is 0 Å². The third-order valence-electron chi connectivity index (χ3n) is 3.05. The molecule has 2 nitrogen and oxygen atoms in total. The molecule has 76 valence electrons. The van der Waals surface area contributed by atoms with Crippen molar-refractivity contribution in [1.82, 2.24) is 4.90 Å². The highest BCUT2D eigenvalue weighted by molar-refractivity contribution is 4.92. The van der Waals surface area contributed by atoms with Crippen molar-refractivity contribution in [3.63, 3.8) is 0 Å². The normalized spacial score (nSPS) is 39.9. The maximum atomic E-state index is 12.5. The Morgan fingerprint density at radius 3 is 2.08 bits per heavy atom. The molecule has 4 heteroatoms. The molecule has 2 rings (SSSR count). The standard InChI is InChI=1S/C9H15F2NO/c10-9(11)5-12(6-9)7-1-3-8(13)4-2-7/h7-8,13H,1-6H2. The maximum absolute atomic E-state index is 12.5. The van der Waals surface area contributed by atoms with E-state index in [2.05, 4.69) is 0 Å². The summed E-state index contributed by atoms with van der Waals surface area (Å²) in [5.74, 6) is -2.45. The summed E-state index contributed by atoms with van der Waals surface area (Å²) in [6, 6.07) is 0.294. The van der Waals surface area contributed by atoms with Crippen molar-refractivity contribution in [1.29, 1.82) is 0 Å². The van der Waals surface area contributed by atoms with E-state index in [4.69, 9.17) is 0 Å². The molecule has 0 spiro atoms. The minimum atomic E-state index is -2.45. The summed E-state index contributed by atoms with van der Waals surface area (Å²) in [6.45, 7) is -0.151. The molecule has 0 aromatic heterocycles. The van der Waals surface area contributed by atoms with Crippen LogP contribution in [0.3, 0.4) is 0 Å². The first-order chi connectivity index (χ1) is 6.07. The zero-order chi connectivity index (χ0) is 9.47. The van der Waals surface area contributed by atoms with Crippen molar-refractivity contribution >= 4 is 0 Å². The Bertz CT molecular complexity index is 182. The molecule has 0 aromatic carbocycles. The van der Waals surface area contributed by atoms with Crippen LogP contribution in [0.5, 0.6) is 0 Å². The van der Waals surface area contributed by atoms with Crippen molar-refractivity contribution in [3.8, 4) is 0 Å². The third kappa shape index (κ3) is 1.99. The Morgan fingerprint density at radius 2 is 1.62 bits per heavy atom. The largest absolute Gasteiger partial charge is 0.393 e. The number of nitrogens with zero attached hydrogens (tertiary/aromatic N) is 1. The highest BCUT2D eigenvalue weighted by Crippen LogP contribution is 2.33. The second-order valence-corrected chi connectivity index (χ2v) is 4.22. The van der Waals surface area contributed by atoms with Gasteiger partial charge in [0, 0.05) is 6.04 Å². The molecule has 1 aliphatic carbocycles. The predicted molar refractivity (Wildman–Crippen MR) is 44.8 cm³/mol. The fourth-order valence-electron chi connectivity index (χ4n) is 2.23. The number of hydrogen-bond donors (Lipinski definition) is 1. The lowest BCUT2D eigenvalue weighted by molar-refractivity contribution is -0.151. The van der Waals surface area contributed by atoms with Crippen molar-refractivity contribution in [2.75, 3.05) is 13.1 Å². The molecule has 0 amide bonds. The minimum absolute atomic E-state index is 0.0756. The summed E-state index contributed by atoms with van der Waals surface area (Å²) in [5.41, 5.74) is 0. The molecule has 0 aromatic rings. The Morgan fingerprint density at radius 1 is 1.08 bits per heavy atom. The van der Waals surface area contributed by atoms with Crippen LogP contribution in [0, 0.1) is 0 Å². The Hall–Kier alpha value is -0.220. The predicted octanol–water partition coefficient (Wildman–Crippen LogP) is 1.24. The van der Waals surface area contributed by atoms with Crippen LogP contribution in [0.4, 0.5) is 8.78 Å². The fraction of sp³-hybridized carbons (Fsp3) is 1.00. The SMILES string of the molecule is OC1CCC(N2CC(F)(F)C2)CC1. The minimum Gasteiger partial charge on any atom is -0.393 e. The molecule has 13 heavy (non-hydrogen) atoms. The van der Waals surface area contributed by atoms with Gasteiger partial charge in [-0.1, -0.05) is 0 Å². The van der Waals surface area contributed by atoms with Crippen LogP contribution >= 0.6 is 0 Å². The number of halogens is 2. The van der Waals surface area contributed by atoms with Gasteiger partial charge in [-0.3, -0.25) is 4.90 Å². The molecule has 1 heterocycles. The van der Waals surface area contributed by atoms with Crippen molar-refractivity contribution in [3.05, 3.63) is 0 Å². The molecule has 0 unspecified atom stereocenters. The van der Waals surface area contributed by atoms with Gasteiger partial charge in [0.05, 0.1) is 19.2 Å². The fourth-order valence-corrected chi connectivity index (χ4v) is 2.23. The molecule has 2 aliphatic rings. The second-order valence-electron chi connectivity index (χ2n) is 4.22. The lowest BCUT2D eigenvalue weighted by atomic mass is 9.90. The molecule has 1 saturated heterocycles. The quantitative estimate of drug-likeness (QED) is 0.674. The van der Waals surface area contributed by atoms with Gasteiger partial charge in [-0.15, -0.1) is 0 Å². The number of alkyl halides is 2. The molecular formula is C9H15F2NO. The molecule has 0 bridgehead atoms. The van der Waals surface area contributed by atoms with Gasteiger partial charge in [0.25, 0.3) is 5.92 Å². The lowest BCUT2D eigenvalue weighted by Gasteiger charge is -2.45. The van der Waals surface area contributed by atoms with E-state index in [1.165, 1.54) is 0 Å². The maximum Gasteiger partial charge on any atom is 0.272 e. The van der Waals surface area contributed by atoms with Crippen LogP contribution in [0.1, 0.15) is 25.7 Å². The first-order valence-corrected chi connectivity index (χ1v) is 4.87. The zero-order valence-electron chi connectivity index (χ0n) is 7.55. The van der Waals surface area contributed by atoms with Crippen molar-refractivity contribution in [2.24, 2.45) is 0 Å². The average Bonchev–Trinajstić information content (AvgIpc) is 2.01. The molecule has 0 radical (unpaired) electrons. The van der Waals surface area contributed by atoms with Crippen LogP contribution in [-0.4, -0.2) is 41.2 Å². The second kappa shape index (κ2) is 3.17. The van der Waals surface area contributed by atoms with Gasteiger partial charge in [-0.05, 0) is 25.7 Å². The van der Waals surface area contributed by atoms with E-state index in [9.17, 15) is 13.9 Å². The molecule has 1 N–H and O–H groups in total. The zero-order valence-corrected chi connectivity index (χ0v) is 7.55. The summed E-state index contributed by atoms with van der Waals surface area (Å²) in [4.78, 5) is 1.84. The smallest absolute Gasteiger partial charge is 0.272 e. The van der Waals surface area contributed by atoms with E-state index >= 15 is 0 Å². The van der Waals surface area contributed by atoms with E-state index in [1.807, 2.05) is 4.90 Å². The number of aliphatic hydroxyl groups is 1. The molecular weight excluding hydrogens is 176 g/mol. The average molecular weight is 191 g/mol. The van der Waals surface area contributed by atoms with E-state index in [0.29, 0.717) is 6.04 Å². The highest BCUT2D eigenvalue weighted by Gasteiger charge is 2.46. The monoisotopic (exact) mass is 191 g/mol. The van der Waals surface area contributed by atoms with Gasteiger partial charge in [-0.2, -0.15) is 0 Å². The van der Waals surface area contributed by atoms with E-state index < -0.39 is 5.92 Å². The summed E-state index contributed by atoms with van der Waals surface area (Å²) < 4.78 is 25.1. The molecule has 1 aliphatic heterocycles. The van der Waals surface area contributed by atoms with Crippen LogP contribution in [-0.2, 0) is 0 Å². The van der Waals surface area contributed by atoms with Gasteiger partial charge in [0.15, 0.2) is 0 Å². The van der Waals surface area contributed by atoms with Crippen LogP contribution in [0.25, 0.3) is 0 Å². The van der Waals surface area contributed by atoms with Gasteiger partial charge in [0.2, 0.25) is 0 Å². The Balaban J connectivity index is 1.78. The van der Waals surface area contributed by atoms with Crippen LogP contribution in [0.15, 0.2) is 0 Å². The molecule has 1 saturated carbocycles. The topological polar surface area (TPSA) is 23.5 Å². The third-order valence-corrected chi connectivity index (χ3v) is 3.05. The Kier molecular flexibility index (Phi) is 2.28. The summed E-state index contributed by atoms with van der Waals surface area (Å²) in [7, 11) is 0. The van der Waals surface area contributed by atoms with Gasteiger partial charge in [-0.25, -0.2) is 8.78 Å². The summed E-state index contributed by atoms with van der Waals surface area (Å²) in [5, 5.41) is 9.24. The number of rotatable bonds is 1. The van der Waals surface area contributed by atoms with E-state index in [-0.39, 0.29) is 19.2 Å². The van der Waals surface area contributed by atoms with Crippen LogP contribution < -0.4 is 0 Å². The van der Waals surface area contributed by atoms with Crippen LogP contribution in [0.2, 0.25) is 0 Å². The van der Waals surface area contributed by atoms with Gasteiger partial charge in [0.1, 0.15) is 0 Å². The first kappa shape index (κ1) is 9.34. The number of hydrogen-bond acceptors (Lipinski definition) is 2. The Labute approximate surface area is 76.5 Å². The van der Waals surface area contributed by atoms with E-state index in [0.717, 1.165) is 25.7 Å². The summed E-state index contributed by atoms with van der Waals surface area (Å²) >= 11 is 0. The van der Waals surface area contributed by atoms with Gasteiger partial charge < -0.3 is 5.11 Å². The number of aliphatic hydroxyl groups excluding tert-OH is 1. The van der Waals surface area contributed by atoms with Crippen molar-refractivity contribution in [2.45, 2.75) is 43.8 Å². The first-order valence-electron chi connectivity index (χ1n) is 4.87. The number of likely N-dealkylation sites (tertiary alicyclic amines) is 1. The van der Waals surface area contributed by atoms with E-state index in [1.54, 1.807) is 0 Å². The summed E-state index contributed by atoms with van der Waals surface area (Å²) in [6.07, 6.45) is 3.09. The van der Waals surface area contributed by atoms with Crippen molar-refractivity contribution < 1.29 is 13.9 Å². The highest BCUT2D eigenvalue weighted by atomic mass is 19.3. The molecule has 0 atom stereocenters. The lowest BCUT2D eigenvalue weighted by Crippen LogP contribution is -2.60.